The number of aliphatic hydroxyl groups is 1. The molecule has 1 atom stereocenters. The number of nitrogens with zero attached hydrogens (tertiary/aromatic N) is 4. The first kappa shape index (κ1) is 26.7. The molecule has 0 aliphatic carbocycles. The van der Waals surface area contributed by atoms with Crippen molar-refractivity contribution in [2.24, 2.45) is 12.5 Å². The molecule has 1 aromatic carbocycles. The zero-order valence-electron chi connectivity index (χ0n) is 21.9. The average molecular weight is 516 g/mol. The lowest BCUT2D eigenvalue weighted by Gasteiger charge is -2.25. The van der Waals surface area contributed by atoms with Crippen LogP contribution in [0.25, 0.3) is 16.8 Å². The van der Waals surface area contributed by atoms with Gasteiger partial charge in [-0.2, -0.15) is 9.49 Å². The second-order valence-corrected chi connectivity index (χ2v) is 10.2. The van der Waals surface area contributed by atoms with Crippen LogP contribution in [0.1, 0.15) is 49.5 Å². The van der Waals surface area contributed by atoms with E-state index in [0.29, 0.717) is 29.9 Å². The summed E-state index contributed by atoms with van der Waals surface area (Å²) in [7, 11) is 3.54. The molecule has 37 heavy (non-hydrogen) atoms. The highest BCUT2D eigenvalue weighted by Crippen LogP contribution is 2.37. The molecule has 0 fully saturated rings. The van der Waals surface area contributed by atoms with Crippen molar-refractivity contribution in [1.29, 1.82) is 0 Å². The Bertz CT molecular complexity index is 1440. The second kappa shape index (κ2) is 10.2. The molecule has 0 amide bonds. The predicted octanol–water partition coefficient (Wildman–Crippen LogP) is 4.88. The van der Waals surface area contributed by atoms with Gasteiger partial charge in [-0.15, -0.1) is 0 Å². The number of imidazole rings is 1. The number of halogens is 3. The fourth-order valence-electron chi connectivity index (χ4n) is 4.33. The van der Waals surface area contributed by atoms with Crippen molar-refractivity contribution in [3.63, 3.8) is 0 Å². The van der Waals surface area contributed by atoms with Gasteiger partial charge in [-0.25, -0.2) is 13.8 Å². The molecule has 0 saturated heterocycles. The van der Waals surface area contributed by atoms with E-state index < -0.39 is 29.0 Å². The summed E-state index contributed by atoms with van der Waals surface area (Å²) in [5.41, 5.74) is 3.08. The number of aromatic nitrogens is 4. The van der Waals surface area contributed by atoms with Gasteiger partial charge in [-0.3, -0.25) is 9.08 Å². The van der Waals surface area contributed by atoms with Crippen LogP contribution in [-0.2, 0) is 20.0 Å². The molecule has 0 saturated carbocycles. The van der Waals surface area contributed by atoms with Crippen molar-refractivity contribution in [3.8, 4) is 16.9 Å². The molecule has 0 spiro atoms. The molecule has 0 aliphatic heterocycles. The van der Waals surface area contributed by atoms with Gasteiger partial charge >= 0.3 is 0 Å². The number of nitrogens with one attached hydrogen (secondary N) is 1. The first-order valence-corrected chi connectivity index (χ1v) is 12.1. The van der Waals surface area contributed by atoms with Crippen LogP contribution in [-0.4, -0.2) is 37.9 Å². The van der Waals surface area contributed by atoms with Gasteiger partial charge in [0.2, 0.25) is 5.82 Å². The molecule has 0 bridgehead atoms. The smallest absolute Gasteiger partial charge is 0.201 e. The van der Waals surface area contributed by atoms with E-state index in [4.69, 9.17) is 4.74 Å². The number of benzene rings is 1. The largest absolute Gasteiger partial charge is 0.489 e. The van der Waals surface area contributed by atoms with Crippen molar-refractivity contribution in [3.05, 3.63) is 70.7 Å². The predicted molar refractivity (Wildman–Crippen MR) is 135 cm³/mol. The minimum atomic E-state index is -1.16. The third kappa shape index (κ3) is 5.08. The van der Waals surface area contributed by atoms with E-state index in [9.17, 15) is 18.3 Å². The van der Waals surface area contributed by atoms with E-state index in [-0.39, 0.29) is 23.6 Å². The van der Waals surface area contributed by atoms with Crippen molar-refractivity contribution < 1.29 is 23.0 Å². The van der Waals surface area contributed by atoms with Gasteiger partial charge in [-0.1, -0.05) is 20.8 Å². The molecule has 7 nitrogen and oxygen atoms in total. The van der Waals surface area contributed by atoms with Crippen LogP contribution < -0.4 is 10.1 Å². The number of hydrogen-bond acceptors (Lipinski definition) is 5. The van der Waals surface area contributed by atoms with Crippen LogP contribution in [0, 0.1) is 29.8 Å². The fraction of sp³-hybridized carbons (Fsp3) is 0.407. The molecule has 198 valence electrons. The molecule has 3 aromatic heterocycles. The topological polar surface area (TPSA) is 76.6 Å². The maximum Gasteiger partial charge on any atom is 0.201 e. The average Bonchev–Trinajstić information content (AvgIpc) is 3.37. The van der Waals surface area contributed by atoms with Crippen LogP contribution in [0.3, 0.4) is 0 Å². The lowest BCUT2D eigenvalue weighted by atomic mass is 9.85. The molecular weight excluding hydrogens is 483 g/mol. The summed E-state index contributed by atoms with van der Waals surface area (Å²) in [5.74, 6) is -3.13. The van der Waals surface area contributed by atoms with Gasteiger partial charge < -0.3 is 15.2 Å². The quantitative estimate of drug-likeness (QED) is 0.350. The third-order valence-electron chi connectivity index (χ3n) is 6.52. The number of hydrogen-bond donors (Lipinski definition) is 2. The van der Waals surface area contributed by atoms with Crippen molar-refractivity contribution in [2.75, 3.05) is 13.7 Å². The van der Waals surface area contributed by atoms with E-state index in [2.05, 4.69) is 15.4 Å². The summed E-state index contributed by atoms with van der Waals surface area (Å²) in [6.45, 7) is 8.04. The number of aryl methyl sites for hydroxylation is 1. The van der Waals surface area contributed by atoms with Gasteiger partial charge in [0, 0.05) is 48.6 Å². The summed E-state index contributed by atoms with van der Waals surface area (Å²) in [6.07, 6.45) is 2.67. The number of aliphatic hydroxyl groups excluding tert-OH is 1. The summed E-state index contributed by atoms with van der Waals surface area (Å²) < 4.78 is 53.2. The maximum atomic E-state index is 15.0. The molecule has 4 rings (SSSR count). The summed E-state index contributed by atoms with van der Waals surface area (Å²) in [4.78, 5) is 4.11. The van der Waals surface area contributed by atoms with Crippen LogP contribution in [0.5, 0.6) is 5.75 Å². The SMILES string of the molecule is CNCc1cnc2c(F)cc(-c3ccc(F)c(F)c3OCCc3c(C(O)C(C)(C)C)nn(C)c3C)cn12. The van der Waals surface area contributed by atoms with Gasteiger partial charge in [0.1, 0.15) is 6.10 Å². The first-order chi connectivity index (χ1) is 17.4. The number of pyridine rings is 1. The standard InChI is InChI=1S/C27H32F3N5O2/c1-15-18(23(33-34(15)6)25(36)27(2,3)4)9-10-37-24-19(7-8-20(28)22(24)30)16-11-21(29)26-32-13-17(12-31-5)35(26)14-16/h7-8,11,13-14,25,31,36H,9-10,12H2,1-6H3. The Morgan fingerprint density at radius 2 is 1.89 bits per heavy atom. The second-order valence-electron chi connectivity index (χ2n) is 10.2. The third-order valence-corrected chi connectivity index (χ3v) is 6.52. The molecule has 10 heteroatoms. The van der Waals surface area contributed by atoms with Gasteiger partial charge in [0.15, 0.2) is 23.0 Å². The van der Waals surface area contributed by atoms with Gasteiger partial charge in [0.25, 0.3) is 0 Å². The zero-order chi connectivity index (χ0) is 27.1. The Labute approximate surface area is 213 Å². The monoisotopic (exact) mass is 515 g/mol. The van der Waals surface area contributed by atoms with Crippen LogP contribution in [0.15, 0.2) is 30.6 Å². The Balaban J connectivity index is 1.68. The molecule has 2 N–H and O–H groups in total. The Morgan fingerprint density at radius 3 is 2.57 bits per heavy atom. The van der Waals surface area contributed by atoms with Crippen molar-refractivity contribution in [2.45, 2.75) is 46.8 Å². The summed E-state index contributed by atoms with van der Waals surface area (Å²) >= 11 is 0. The van der Waals surface area contributed by atoms with E-state index in [1.54, 1.807) is 35.6 Å². The molecule has 0 radical (unpaired) electrons. The first-order valence-electron chi connectivity index (χ1n) is 12.1. The molecule has 4 aromatic rings. The number of rotatable bonds is 8. The fourth-order valence-corrected chi connectivity index (χ4v) is 4.33. The summed E-state index contributed by atoms with van der Waals surface area (Å²) in [5, 5.41) is 18.3. The molecule has 1 unspecified atom stereocenters. The van der Waals surface area contributed by atoms with E-state index in [0.717, 1.165) is 17.3 Å². The van der Waals surface area contributed by atoms with E-state index in [1.165, 1.54) is 12.1 Å². The Morgan fingerprint density at radius 1 is 1.16 bits per heavy atom. The van der Waals surface area contributed by atoms with Crippen molar-refractivity contribution >= 4 is 5.65 Å². The Hall–Kier alpha value is -3.37. The zero-order valence-corrected chi connectivity index (χ0v) is 21.9. The lowest BCUT2D eigenvalue weighted by Crippen LogP contribution is -2.20. The highest BCUT2D eigenvalue weighted by molar-refractivity contribution is 5.72. The number of ether oxygens (including phenoxy) is 1. The maximum absolute atomic E-state index is 15.0. The number of fused-ring (bicyclic) bond motifs is 1. The van der Waals surface area contributed by atoms with Gasteiger partial charge in [0.05, 0.1) is 24.2 Å². The van der Waals surface area contributed by atoms with Gasteiger partial charge in [-0.05, 0) is 37.6 Å². The van der Waals surface area contributed by atoms with E-state index >= 15 is 0 Å². The molecular formula is C27H32F3N5O2. The lowest BCUT2D eigenvalue weighted by molar-refractivity contribution is 0.0575. The minimum absolute atomic E-state index is 0.00935. The summed E-state index contributed by atoms with van der Waals surface area (Å²) in [6, 6.07) is 3.59. The van der Waals surface area contributed by atoms with Crippen LogP contribution >= 0.6 is 0 Å². The van der Waals surface area contributed by atoms with Crippen molar-refractivity contribution in [1.82, 2.24) is 24.5 Å². The van der Waals surface area contributed by atoms with Crippen LogP contribution in [0.2, 0.25) is 0 Å². The normalized spacial score (nSPS) is 12.9. The minimum Gasteiger partial charge on any atom is -0.489 e. The molecule has 0 aliphatic rings. The van der Waals surface area contributed by atoms with Crippen LogP contribution in [0.4, 0.5) is 13.2 Å². The molecule has 3 heterocycles. The highest BCUT2D eigenvalue weighted by Gasteiger charge is 2.30. The Kier molecular flexibility index (Phi) is 7.34. The van der Waals surface area contributed by atoms with E-state index in [1.807, 2.05) is 27.7 Å². The highest BCUT2D eigenvalue weighted by atomic mass is 19.2.